The molecule has 0 fully saturated rings. The topological polar surface area (TPSA) is 55.5 Å². The Morgan fingerprint density at radius 2 is 2.06 bits per heavy atom. The number of ether oxygens (including phenoxy) is 1. The molecule has 0 amide bonds. The second kappa shape index (κ2) is 5.19. The summed E-state index contributed by atoms with van der Waals surface area (Å²) in [5.41, 5.74) is 5.96. The summed E-state index contributed by atoms with van der Waals surface area (Å²) < 4.78 is 40.3. The van der Waals surface area contributed by atoms with E-state index in [-0.39, 0.29) is 12.4 Å². The fourth-order valence-electron chi connectivity index (χ4n) is 1.10. The number of halogens is 4. The summed E-state index contributed by atoms with van der Waals surface area (Å²) in [4.78, 5) is 0. The molecule has 0 saturated heterocycles. The molecule has 0 saturated carbocycles. The lowest BCUT2D eigenvalue weighted by Gasteiger charge is -2.14. The molecule has 0 aliphatic carbocycles. The van der Waals surface area contributed by atoms with Gasteiger partial charge in [0.15, 0.2) is 0 Å². The SMILES string of the molecule is NC(CO)c1cc(OC(F)(F)F)ccc1I. The molecule has 7 heteroatoms. The highest BCUT2D eigenvalue weighted by Crippen LogP contribution is 2.27. The fraction of sp³-hybridized carbons (Fsp3) is 0.333. The molecular formula is C9H9F3INO2. The highest BCUT2D eigenvalue weighted by Gasteiger charge is 2.31. The van der Waals surface area contributed by atoms with Crippen molar-refractivity contribution in [1.29, 1.82) is 0 Å². The molecule has 0 spiro atoms. The second-order valence-electron chi connectivity index (χ2n) is 3.02. The van der Waals surface area contributed by atoms with Gasteiger partial charge in [0.25, 0.3) is 0 Å². The monoisotopic (exact) mass is 347 g/mol. The Morgan fingerprint density at radius 1 is 1.44 bits per heavy atom. The van der Waals surface area contributed by atoms with Crippen molar-refractivity contribution >= 4 is 22.6 Å². The Morgan fingerprint density at radius 3 is 2.56 bits per heavy atom. The number of alkyl halides is 3. The molecular weight excluding hydrogens is 338 g/mol. The van der Waals surface area contributed by atoms with Crippen molar-refractivity contribution in [3.63, 3.8) is 0 Å². The van der Waals surface area contributed by atoms with Gasteiger partial charge in [0.05, 0.1) is 12.6 Å². The van der Waals surface area contributed by atoms with Crippen molar-refractivity contribution in [2.24, 2.45) is 5.73 Å². The number of nitrogens with two attached hydrogens (primary N) is 1. The first-order chi connectivity index (χ1) is 7.33. The van der Waals surface area contributed by atoms with E-state index in [4.69, 9.17) is 10.8 Å². The summed E-state index contributed by atoms with van der Waals surface area (Å²) in [6.45, 7) is -0.342. The maximum Gasteiger partial charge on any atom is 0.573 e. The van der Waals surface area contributed by atoms with Crippen LogP contribution in [0.5, 0.6) is 5.75 Å². The van der Waals surface area contributed by atoms with E-state index in [0.717, 1.165) is 0 Å². The van der Waals surface area contributed by atoms with Gasteiger partial charge in [-0.05, 0) is 46.4 Å². The summed E-state index contributed by atoms with van der Waals surface area (Å²) in [7, 11) is 0. The van der Waals surface area contributed by atoms with Crippen molar-refractivity contribution < 1.29 is 23.0 Å². The van der Waals surface area contributed by atoms with E-state index in [2.05, 4.69) is 4.74 Å². The molecule has 0 aliphatic rings. The summed E-state index contributed by atoms with van der Waals surface area (Å²) in [6, 6.07) is 3.11. The zero-order valence-corrected chi connectivity index (χ0v) is 10.1. The van der Waals surface area contributed by atoms with E-state index in [1.807, 2.05) is 22.6 Å². The Balaban J connectivity index is 2.98. The summed E-state index contributed by atoms with van der Waals surface area (Å²) in [6.07, 6.45) is -4.73. The molecule has 1 aromatic carbocycles. The van der Waals surface area contributed by atoms with Crippen LogP contribution in [0.3, 0.4) is 0 Å². The smallest absolute Gasteiger partial charge is 0.406 e. The number of aliphatic hydroxyl groups excluding tert-OH is 1. The predicted octanol–water partition coefficient (Wildman–Crippen LogP) is 2.18. The lowest BCUT2D eigenvalue weighted by molar-refractivity contribution is -0.274. The molecule has 1 rings (SSSR count). The van der Waals surface area contributed by atoms with Crippen LogP contribution in [0.4, 0.5) is 13.2 Å². The van der Waals surface area contributed by atoms with Gasteiger partial charge in [-0.1, -0.05) is 0 Å². The predicted molar refractivity (Wildman–Crippen MR) is 59.9 cm³/mol. The fourth-order valence-corrected chi connectivity index (χ4v) is 1.84. The summed E-state index contributed by atoms with van der Waals surface area (Å²) >= 11 is 1.92. The first kappa shape index (κ1) is 13.5. The van der Waals surface area contributed by atoms with Crippen LogP contribution >= 0.6 is 22.6 Å². The van der Waals surface area contributed by atoms with E-state index in [1.165, 1.54) is 18.2 Å². The van der Waals surface area contributed by atoms with Crippen LogP contribution in [0.2, 0.25) is 0 Å². The standard InChI is InChI=1S/C9H9F3INO2/c10-9(11,12)16-5-1-2-7(13)6(3-5)8(14)4-15/h1-3,8,15H,4,14H2. The third-order valence-electron chi connectivity index (χ3n) is 1.80. The summed E-state index contributed by atoms with van der Waals surface area (Å²) in [5.74, 6) is -0.341. The molecule has 3 nitrogen and oxygen atoms in total. The molecule has 16 heavy (non-hydrogen) atoms. The first-order valence-electron chi connectivity index (χ1n) is 4.25. The number of hydrogen-bond acceptors (Lipinski definition) is 3. The van der Waals surface area contributed by atoms with Crippen molar-refractivity contribution in [3.8, 4) is 5.75 Å². The van der Waals surface area contributed by atoms with E-state index in [0.29, 0.717) is 9.13 Å². The van der Waals surface area contributed by atoms with Gasteiger partial charge < -0.3 is 15.6 Å². The maximum atomic E-state index is 12.0. The molecule has 0 radical (unpaired) electrons. The molecule has 0 bridgehead atoms. The minimum absolute atomic E-state index is 0.341. The average Bonchev–Trinajstić information content (AvgIpc) is 2.18. The van der Waals surface area contributed by atoms with Crippen LogP contribution in [0.1, 0.15) is 11.6 Å². The number of aliphatic hydroxyl groups is 1. The van der Waals surface area contributed by atoms with Gasteiger partial charge in [-0.3, -0.25) is 0 Å². The maximum absolute atomic E-state index is 12.0. The Bertz CT molecular complexity index is 370. The molecule has 0 aliphatic heterocycles. The Kier molecular flexibility index (Phi) is 4.39. The van der Waals surface area contributed by atoms with Crippen LogP contribution in [0.15, 0.2) is 18.2 Å². The van der Waals surface area contributed by atoms with Gasteiger partial charge in [-0.2, -0.15) is 0 Å². The second-order valence-corrected chi connectivity index (χ2v) is 4.18. The van der Waals surface area contributed by atoms with E-state index >= 15 is 0 Å². The normalized spacial score (nSPS) is 13.6. The van der Waals surface area contributed by atoms with E-state index < -0.39 is 12.4 Å². The molecule has 1 atom stereocenters. The van der Waals surface area contributed by atoms with Gasteiger partial charge in [-0.25, -0.2) is 0 Å². The third-order valence-corrected chi connectivity index (χ3v) is 2.78. The van der Waals surface area contributed by atoms with Crippen molar-refractivity contribution in [2.75, 3.05) is 6.61 Å². The van der Waals surface area contributed by atoms with Crippen molar-refractivity contribution in [1.82, 2.24) is 0 Å². The number of rotatable bonds is 3. The van der Waals surface area contributed by atoms with E-state index in [1.54, 1.807) is 0 Å². The lowest BCUT2D eigenvalue weighted by atomic mass is 10.1. The van der Waals surface area contributed by atoms with Gasteiger partial charge in [-0.15, -0.1) is 13.2 Å². The minimum atomic E-state index is -4.73. The molecule has 90 valence electrons. The highest BCUT2D eigenvalue weighted by atomic mass is 127. The van der Waals surface area contributed by atoms with Gasteiger partial charge in [0.2, 0.25) is 0 Å². The molecule has 0 aromatic heterocycles. The van der Waals surface area contributed by atoms with Crippen molar-refractivity contribution in [3.05, 3.63) is 27.3 Å². The van der Waals surface area contributed by atoms with Gasteiger partial charge in [0, 0.05) is 3.57 Å². The molecule has 0 heterocycles. The lowest BCUT2D eigenvalue weighted by Crippen LogP contribution is -2.19. The molecule has 1 aromatic rings. The Hall–Kier alpha value is -0.540. The Labute approximate surface area is 104 Å². The van der Waals surface area contributed by atoms with Crippen LogP contribution in [0.25, 0.3) is 0 Å². The zero-order chi connectivity index (χ0) is 12.3. The van der Waals surface area contributed by atoms with Crippen LogP contribution in [-0.2, 0) is 0 Å². The third kappa shape index (κ3) is 3.80. The van der Waals surface area contributed by atoms with E-state index in [9.17, 15) is 13.2 Å². The zero-order valence-electron chi connectivity index (χ0n) is 7.96. The molecule has 3 N–H and O–H groups in total. The number of hydrogen-bond donors (Lipinski definition) is 2. The van der Waals surface area contributed by atoms with Crippen LogP contribution in [0, 0.1) is 3.57 Å². The van der Waals surface area contributed by atoms with Gasteiger partial charge >= 0.3 is 6.36 Å². The van der Waals surface area contributed by atoms with Gasteiger partial charge in [0.1, 0.15) is 5.75 Å². The van der Waals surface area contributed by atoms with Crippen LogP contribution < -0.4 is 10.5 Å². The average molecular weight is 347 g/mol. The largest absolute Gasteiger partial charge is 0.573 e. The summed E-state index contributed by atoms with van der Waals surface area (Å²) in [5, 5.41) is 8.84. The highest BCUT2D eigenvalue weighted by molar-refractivity contribution is 14.1. The van der Waals surface area contributed by atoms with Crippen molar-refractivity contribution in [2.45, 2.75) is 12.4 Å². The van der Waals surface area contributed by atoms with Crippen LogP contribution in [-0.4, -0.2) is 18.1 Å². The number of benzene rings is 1. The minimum Gasteiger partial charge on any atom is -0.406 e. The molecule has 1 unspecified atom stereocenters. The quantitative estimate of drug-likeness (QED) is 0.825. The first-order valence-corrected chi connectivity index (χ1v) is 5.33.